The number of anilines is 4. The highest BCUT2D eigenvalue weighted by Gasteiger charge is 2.34. The number of rotatable bonds is 12. The third-order valence-electron chi connectivity index (χ3n) is 17.9. The summed E-state index contributed by atoms with van der Waals surface area (Å²) in [6, 6.07) is 68.0. The van der Waals surface area contributed by atoms with Crippen molar-refractivity contribution in [2.75, 3.05) is 16.5 Å². The second kappa shape index (κ2) is 21.1. The van der Waals surface area contributed by atoms with Crippen molar-refractivity contribution < 1.29 is 4.74 Å². The number of hydrogen-bond acceptors (Lipinski definition) is 4. The fourth-order valence-electron chi connectivity index (χ4n) is 12.4. The second-order valence-corrected chi connectivity index (χ2v) is 28.3. The number of fused-ring (bicyclic) bond motifs is 4. The minimum absolute atomic E-state index is 0.0382. The van der Waals surface area contributed by atoms with Gasteiger partial charge in [0.05, 0.1) is 22.4 Å². The fourth-order valence-corrected chi connectivity index (χ4v) is 12.4. The van der Waals surface area contributed by atoms with Crippen LogP contribution in [-0.2, 0) is 27.1 Å². The average molecular weight is 1100 g/mol. The first-order valence-corrected chi connectivity index (χ1v) is 30.2. The van der Waals surface area contributed by atoms with E-state index in [0.717, 1.165) is 45.0 Å². The summed E-state index contributed by atoms with van der Waals surface area (Å²) in [5, 5.41) is 2.31. The van der Waals surface area contributed by atoms with Gasteiger partial charge in [0, 0.05) is 51.3 Å². The highest BCUT2D eigenvalue weighted by molar-refractivity contribution is 6.10. The van der Waals surface area contributed by atoms with E-state index in [9.17, 15) is 0 Å². The molecule has 0 spiro atoms. The van der Waals surface area contributed by atoms with Crippen molar-refractivity contribution in [3.05, 3.63) is 238 Å². The summed E-state index contributed by atoms with van der Waals surface area (Å²) >= 11 is 0. The molecule has 0 atom stereocenters. The van der Waals surface area contributed by atoms with Crippen molar-refractivity contribution in [3.8, 4) is 28.4 Å². The minimum Gasteiger partial charge on any atom is -0.457 e. The van der Waals surface area contributed by atoms with Crippen LogP contribution >= 0.6 is 0 Å². The van der Waals surface area contributed by atoms with Crippen LogP contribution in [0.4, 0.5) is 22.7 Å². The molecule has 5 nitrogen and oxygen atoms in total. The summed E-state index contributed by atoms with van der Waals surface area (Å²) in [7, 11) is 0. The van der Waals surface area contributed by atoms with Crippen molar-refractivity contribution in [1.82, 2.24) is 9.55 Å². The number of benzene rings is 8. The normalized spacial score (nSPS) is 13.5. The molecule has 1 aliphatic rings. The van der Waals surface area contributed by atoms with E-state index in [0.29, 0.717) is 18.5 Å². The van der Waals surface area contributed by atoms with Crippen molar-refractivity contribution in [3.63, 3.8) is 0 Å². The van der Waals surface area contributed by atoms with Gasteiger partial charge in [-0.2, -0.15) is 0 Å². The average Bonchev–Trinajstić information content (AvgIpc) is 2.82. The van der Waals surface area contributed by atoms with Crippen LogP contribution in [0.5, 0.6) is 11.5 Å². The van der Waals surface area contributed by atoms with Crippen LogP contribution in [0.25, 0.3) is 38.8 Å². The number of aromatic nitrogens is 2. The van der Waals surface area contributed by atoms with Crippen LogP contribution in [0.3, 0.4) is 0 Å². The Morgan fingerprint density at radius 2 is 0.916 bits per heavy atom. The summed E-state index contributed by atoms with van der Waals surface area (Å²) in [6.45, 7) is 40.1. The SMILES string of the molecule is CC(C)c1cccc(C(C)C)c1-c1cc(Oc2ccc3c4ccc(C(C)(C)c5ccccc5)cc4n(-c4cc(C(C)(C)c5ccccc5)ccn4)c3c2)cc(N2CN(c3cc(C(C)(C)C)cc(C(C)(C)C)c3)c3cc(C(C)(C)C)ccc32)c1. The Labute approximate surface area is 496 Å². The molecule has 2 aromatic heterocycles. The van der Waals surface area contributed by atoms with Gasteiger partial charge in [-0.1, -0.05) is 221 Å². The van der Waals surface area contributed by atoms with Gasteiger partial charge >= 0.3 is 0 Å². The molecule has 3 heterocycles. The molecule has 0 unspecified atom stereocenters. The van der Waals surface area contributed by atoms with Gasteiger partial charge in [0.1, 0.15) is 24.0 Å². The van der Waals surface area contributed by atoms with Gasteiger partial charge in [0.25, 0.3) is 0 Å². The van der Waals surface area contributed by atoms with Crippen LogP contribution in [0.1, 0.15) is 180 Å². The summed E-state index contributed by atoms with van der Waals surface area (Å²) in [6.07, 6.45) is 1.98. The minimum atomic E-state index is -0.271. The molecule has 0 bridgehead atoms. The van der Waals surface area contributed by atoms with Crippen LogP contribution in [-0.4, -0.2) is 16.2 Å². The van der Waals surface area contributed by atoms with E-state index < -0.39 is 0 Å². The van der Waals surface area contributed by atoms with E-state index >= 15 is 0 Å². The zero-order valence-electron chi connectivity index (χ0n) is 52.5. The highest BCUT2D eigenvalue weighted by Crippen LogP contribution is 2.50. The zero-order valence-corrected chi connectivity index (χ0v) is 52.5. The first kappa shape index (κ1) is 56.9. The van der Waals surface area contributed by atoms with E-state index in [-0.39, 0.29) is 27.1 Å². The van der Waals surface area contributed by atoms with Crippen molar-refractivity contribution in [2.24, 2.45) is 0 Å². The summed E-state index contributed by atoms with van der Waals surface area (Å²) < 4.78 is 9.77. The summed E-state index contributed by atoms with van der Waals surface area (Å²) in [4.78, 5) is 10.3. The Kier molecular flexibility index (Phi) is 14.5. The maximum Gasteiger partial charge on any atom is 0.137 e. The molecular weight excluding hydrogens is 1010 g/mol. The second-order valence-electron chi connectivity index (χ2n) is 28.3. The summed E-state index contributed by atoms with van der Waals surface area (Å²) in [5.41, 5.74) is 20.2. The van der Waals surface area contributed by atoms with Crippen molar-refractivity contribution in [2.45, 2.75) is 157 Å². The van der Waals surface area contributed by atoms with Gasteiger partial charge in [-0.05, 0) is 156 Å². The number of nitrogens with zero attached hydrogens (tertiary/aromatic N) is 4. The standard InChI is InChI=1S/C78H86N4O/c1-50(2)64-29-24-30-65(51(3)4)73(64)52-39-60(80-49-81(71-44-55(74(5,6)7)32-36-68(71)80)61-42-58(75(8,9)10)41-59(43-61)76(11,12)13)47-63(40-52)83-62-33-35-67-66-34-31-56(77(14,15)53-25-20-18-21-26-53)45-69(66)82(70(67)48-62)72-46-57(37-38-79-72)78(16,17)54-27-22-19-23-28-54/h18-48,50-51H,49H2,1-17H3. The quantitative estimate of drug-likeness (QED) is 0.122. The predicted molar refractivity (Wildman–Crippen MR) is 354 cm³/mol. The molecule has 1 aliphatic heterocycles. The number of pyridine rings is 1. The molecule has 0 saturated carbocycles. The maximum absolute atomic E-state index is 7.40. The van der Waals surface area contributed by atoms with Crippen LogP contribution < -0.4 is 14.5 Å². The highest BCUT2D eigenvalue weighted by atomic mass is 16.5. The molecule has 8 aromatic carbocycles. The maximum atomic E-state index is 7.40. The Hall–Kier alpha value is -7.89. The van der Waals surface area contributed by atoms with E-state index in [1.165, 1.54) is 78.1 Å². The molecule has 10 aromatic rings. The zero-order chi connectivity index (χ0) is 59.1. The third-order valence-corrected chi connectivity index (χ3v) is 17.9. The number of hydrogen-bond donors (Lipinski definition) is 0. The predicted octanol–water partition coefficient (Wildman–Crippen LogP) is 21.7. The lowest BCUT2D eigenvalue weighted by Gasteiger charge is -2.30. The van der Waals surface area contributed by atoms with Gasteiger partial charge in [-0.3, -0.25) is 4.57 Å². The number of ether oxygens (including phenoxy) is 1. The van der Waals surface area contributed by atoms with Gasteiger partial charge < -0.3 is 14.5 Å². The molecule has 424 valence electrons. The molecule has 0 radical (unpaired) electrons. The van der Waals surface area contributed by atoms with E-state index in [1.807, 2.05) is 6.20 Å². The topological polar surface area (TPSA) is 33.5 Å². The van der Waals surface area contributed by atoms with E-state index in [2.05, 4.69) is 314 Å². The molecule has 5 heteroatoms. The molecule has 0 amide bonds. The van der Waals surface area contributed by atoms with E-state index in [1.54, 1.807) is 0 Å². The molecule has 0 aliphatic carbocycles. The first-order chi connectivity index (χ1) is 39.2. The van der Waals surface area contributed by atoms with Gasteiger partial charge in [-0.25, -0.2) is 4.98 Å². The van der Waals surface area contributed by atoms with Gasteiger partial charge in [-0.15, -0.1) is 0 Å². The molecule has 0 saturated heterocycles. The van der Waals surface area contributed by atoms with Gasteiger partial charge in [0.15, 0.2) is 0 Å². The Bertz CT molecular complexity index is 3980. The van der Waals surface area contributed by atoms with Crippen LogP contribution in [0.2, 0.25) is 0 Å². The smallest absolute Gasteiger partial charge is 0.137 e. The molecule has 83 heavy (non-hydrogen) atoms. The third kappa shape index (κ3) is 10.8. The lowest BCUT2D eigenvalue weighted by molar-refractivity contribution is 0.483. The molecule has 0 N–H and O–H groups in total. The van der Waals surface area contributed by atoms with Gasteiger partial charge in [0.2, 0.25) is 0 Å². The molecule has 11 rings (SSSR count). The Morgan fingerprint density at radius 3 is 1.48 bits per heavy atom. The van der Waals surface area contributed by atoms with Crippen LogP contribution in [0.15, 0.2) is 188 Å². The monoisotopic (exact) mass is 1090 g/mol. The lowest BCUT2D eigenvalue weighted by Crippen LogP contribution is -2.25. The first-order valence-electron chi connectivity index (χ1n) is 30.2. The summed E-state index contributed by atoms with van der Waals surface area (Å²) in [5.74, 6) is 3.00. The Morgan fingerprint density at radius 1 is 0.398 bits per heavy atom. The lowest BCUT2D eigenvalue weighted by atomic mass is 9.78. The van der Waals surface area contributed by atoms with Crippen molar-refractivity contribution >= 4 is 44.6 Å². The van der Waals surface area contributed by atoms with Crippen LogP contribution in [0, 0.1) is 0 Å². The molecule has 0 fully saturated rings. The fraction of sp³-hybridized carbons (Fsp3) is 0.321. The molecular formula is C78H86N4O. The Balaban J connectivity index is 1.11. The van der Waals surface area contributed by atoms with Crippen molar-refractivity contribution in [1.29, 1.82) is 0 Å². The largest absolute Gasteiger partial charge is 0.457 e. The van der Waals surface area contributed by atoms with E-state index in [4.69, 9.17) is 9.72 Å².